The van der Waals surface area contributed by atoms with Crippen molar-refractivity contribution in [1.29, 1.82) is 0 Å². The molecule has 2 fully saturated rings. The Morgan fingerprint density at radius 3 is 2.38 bits per heavy atom. The molecule has 2 rings (SSSR count). The van der Waals surface area contributed by atoms with Crippen molar-refractivity contribution in [1.82, 2.24) is 5.32 Å². The highest BCUT2D eigenvalue weighted by atomic mass is 16.7. The molecule has 0 aromatic carbocycles. The Kier molecular flexibility index (Phi) is 8.69. The Balaban J connectivity index is 2.02. The van der Waals surface area contributed by atoms with Crippen LogP contribution in [0.5, 0.6) is 0 Å². The Hall–Kier alpha value is -0.970. The number of carbonyl (C=O) groups is 1. The van der Waals surface area contributed by atoms with Crippen LogP contribution in [0.25, 0.3) is 0 Å². The maximum atomic E-state index is 11.9. The molecule has 1 saturated carbocycles. The van der Waals surface area contributed by atoms with Gasteiger partial charge in [0, 0.05) is 6.04 Å². The van der Waals surface area contributed by atoms with Crippen molar-refractivity contribution in [2.75, 3.05) is 13.2 Å². The molecule has 1 aliphatic carbocycles. The number of aliphatic hydroxyl groups excluding tert-OH is 6. The monoisotopic (exact) mass is 424 g/mol. The molecule has 0 spiro atoms. The summed E-state index contributed by atoms with van der Waals surface area (Å²) in [5.41, 5.74) is 17.0. The van der Waals surface area contributed by atoms with Gasteiger partial charge in [-0.15, -0.1) is 0 Å². The average molecular weight is 424 g/mol. The number of nitrogens with two attached hydrogens (primary N) is 3. The Morgan fingerprint density at radius 1 is 1.14 bits per heavy atom. The van der Waals surface area contributed by atoms with Gasteiger partial charge in [-0.2, -0.15) is 0 Å². The van der Waals surface area contributed by atoms with Crippen LogP contribution in [0, 0.1) is 0 Å². The third kappa shape index (κ3) is 5.39. The number of hydrogen-bond acceptors (Lipinski definition) is 12. The molecule has 0 bridgehead atoms. The van der Waals surface area contributed by atoms with Crippen LogP contribution in [0.1, 0.15) is 12.8 Å². The van der Waals surface area contributed by atoms with Gasteiger partial charge in [-0.25, -0.2) is 0 Å². The van der Waals surface area contributed by atoms with Crippen LogP contribution in [0.2, 0.25) is 0 Å². The van der Waals surface area contributed by atoms with Gasteiger partial charge in [0.1, 0.15) is 42.7 Å². The molecule has 11 atom stereocenters. The highest BCUT2D eigenvalue weighted by Gasteiger charge is 2.49. The van der Waals surface area contributed by atoms with Crippen LogP contribution in [0.15, 0.2) is 0 Å². The van der Waals surface area contributed by atoms with Gasteiger partial charge in [0.05, 0.1) is 18.7 Å². The van der Waals surface area contributed by atoms with Crippen LogP contribution in [0.4, 0.5) is 0 Å². The first-order chi connectivity index (χ1) is 13.6. The summed E-state index contributed by atoms with van der Waals surface area (Å²) in [5, 5.41) is 62.2. The molecule has 1 saturated heterocycles. The highest BCUT2D eigenvalue weighted by Crippen LogP contribution is 2.27. The summed E-state index contributed by atoms with van der Waals surface area (Å²) in [6.45, 7) is -0.488. The molecular formula is C16H32N4O9. The second-order valence-electron chi connectivity index (χ2n) is 7.47. The second-order valence-corrected chi connectivity index (χ2v) is 7.47. The first-order valence-corrected chi connectivity index (χ1v) is 9.46. The minimum atomic E-state index is -1.57. The Morgan fingerprint density at radius 2 is 1.79 bits per heavy atom. The van der Waals surface area contributed by atoms with Gasteiger partial charge in [-0.05, 0) is 19.4 Å². The number of ether oxygens (including phenoxy) is 2. The molecule has 1 heterocycles. The molecule has 1 amide bonds. The summed E-state index contributed by atoms with van der Waals surface area (Å²) >= 11 is 0. The lowest BCUT2D eigenvalue weighted by molar-refractivity contribution is -0.304. The maximum Gasteiger partial charge on any atom is 0.249 e. The number of rotatable bonds is 7. The van der Waals surface area contributed by atoms with Gasteiger partial charge in [0.2, 0.25) is 5.91 Å². The van der Waals surface area contributed by atoms with Crippen LogP contribution >= 0.6 is 0 Å². The molecule has 13 heteroatoms. The van der Waals surface area contributed by atoms with E-state index < -0.39 is 79.7 Å². The van der Waals surface area contributed by atoms with Crippen molar-refractivity contribution >= 4 is 5.91 Å². The topological polar surface area (TPSA) is 247 Å². The third-order valence-electron chi connectivity index (χ3n) is 5.35. The molecule has 0 aromatic heterocycles. The number of aliphatic hydroxyl groups is 6. The van der Waals surface area contributed by atoms with Crippen LogP contribution in [-0.2, 0) is 14.3 Å². The molecule has 0 unspecified atom stereocenters. The molecular weight excluding hydrogens is 392 g/mol. The van der Waals surface area contributed by atoms with Crippen molar-refractivity contribution in [3.05, 3.63) is 0 Å². The molecule has 0 radical (unpaired) electrons. The summed E-state index contributed by atoms with van der Waals surface area (Å²) in [6.07, 6.45) is -10.9. The van der Waals surface area contributed by atoms with E-state index in [1.165, 1.54) is 0 Å². The van der Waals surface area contributed by atoms with Gasteiger partial charge in [-0.1, -0.05) is 0 Å². The molecule has 2 aliphatic rings. The van der Waals surface area contributed by atoms with E-state index in [4.69, 9.17) is 26.7 Å². The summed E-state index contributed by atoms with van der Waals surface area (Å²) < 4.78 is 10.8. The van der Waals surface area contributed by atoms with E-state index in [0.717, 1.165) is 0 Å². The largest absolute Gasteiger partial charge is 0.394 e. The van der Waals surface area contributed by atoms with Crippen molar-refractivity contribution in [2.24, 2.45) is 17.2 Å². The van der Waals surface area contributed by atoms with E-state index in [1.807, 2.05) is 0 Å². The lowest BCUT2D eigenvalue weighted by Crippen LogP contribution is -2.67. The number of amides is 1. The highest BCUT2D eigenvalue weighted by molar-refractivity contribution is 5.80. The predicted molar refractivity (Wildman–Crippen MR) is 96.8 cm³/mol. The average Bonchev–Trinajstić information content (AvgIpc) is 2.69. The maximum absolute atomic E-state index is 11.9. The zero-order valence-electron chi connectivity index (χ0n) is 15.8. The summed E-state index contributed by atoms with van der Waals surface area (Å²) in [4.78, 5) is 11.9. The standard InChI is InChI=1S/C16H32N4O9/c17-2-1-7(22)15(27)20-6-3-5(18)14(13(26)10(6)23)29-16-12(25)9(19)11(24)8(4-21)28-16/h5-14,16,21-26H,1-4,17-19H2,(H,20,27)/t5-,6+,7+,8-,9+,10-,11-,12-,13+,14+,16-/m1/s1. The zero-order valence-corrected chi connectivity index (χ0v) is 15.8. The van der Waals surface area contributed by atoms with Crippen LogP contribution in [0.3, 0.4) is 0 Å². The third-order valence-corrected chi connectivity index (χ3v) is 5.35. The first kappa shape index (κ1) is 24.3. The van der Waals surface area contributed by atoms with Crippen molar-refractivity contribution in [3.63, 3.8) is 0 Å². The van der Waals surface area contributed by atoms with E-state index in [-0.39, 0.29) is 19.4 Å². The van der Waals surface area contributed by atoms with Crippen molar-refractivity contribution in [2.45, 2.75) is 80.0 Å². The van der Waals surface area contributed by atoms with E-state index in [9.17, 15) is 35.4 Å². The van der Waals surface area contributed by atoms with Gasteiger partial charge in [0.15, 0.2) is 6.29 Å². The van der Waals surface area contributed by atoms with E-state index in [2.05, 4.69) is 5.32 Å². The van der Waals surface area contributed by atoms with Crippen molar-refractivity contribution < 1.29 is 44.9 Å². The minimum Gasteiger partial charge on any atom is -0.394 e. The number of carbonyl (C=O) groups excluding carboxylic acids is 1. The van der Waals surface area contributed by atoms with Gasteiger partial charge in [-0.3, -0.25) is 4.79 Å². The summed E-state index contributed by atoms with van der Waals surface area (Å²) in [7, 11) is 0. The fourth-order valence-corrected chi connectivity index (χ4v) is 3.53. The van der Waals surface area contributed by atoms with E-state index in [0.29, 0.717) is 0 Å². The molecule has 170 valence electrons. The molecule has 13 nitrogen and oxygen atoms in total. The SMILES string of the molecule is NCC[C@H](O)C(=O)N[C@H]1C[C@@H](N)[C@H](O[C@H]2O[C@H](CO)[C@@H](O)[C@H](N)[C@H]2O)[C@@H](O)[C@@H]1O. The fraction of sp³-hybridized carbons (Fsp3) is 0.938. The van der Waals surface area contributed by atoms with Crippen LogP contribution in [-0.4, -0.2) is 117 Å². The van der Waals surface area contributed by atoms with Crippen LogP contribution < -0.4 is 22.5 Å². The number of hydrogen-bond donors (Lipinski definition) is 10. The Labute approximate surface area is 167 Å². The summed E-state index contributed by atoms with van der Waals surface area (Å²) in [6, 6.07) is -3.02. The lowest BCUT2D eigenvalue weighted by atomic mass is 9.84. The van der Waals surface area contributed by atoms with Crippen molar-refractivity contribution in [3.8, 4) is 0 Å². The minimum absolute atomic E-state index is 0.00903. The fourth-order valence-electron chi connectivity index (χ4n) is 3.53. The quantitative estimate of drug-likeness (QED) is 0.183. The predicted octanol–water partition coefficient (Wildman–Crippen LogP) is -6.21. The molecule has 0 aromatic rings. The zero-order chi connectivity index (χ0) is 21.9. The molecule has 1 aliphatic heterocycles. The summed E-state index contributed by atoms with van der Waals surface area (Å²) in [5.74, 6) is -0.755. The van der Waals surface area contributed by atoms with Gasteiger partial charge < -0.3 is 62.6 Å². The lowest BCUT2D eigenvalue weighted by Gasteiger charge is -2.46. The first-order valence-electron chi connectivity index (χ1n) is 9.46. The van der Waals surface area contributed by atoms with Gasteiger partial charge >= 0.3 is 0 Å². The van der Waals surface area contributed by atoms with Gasteiger partial charge in [0.25, 0.3) is 0 Å². The Bertz CT molecular complexity index is 543. The normalized spacial score (nSPS) is 44.3. The molecule has 13 N–H and O–H groups in total. The van der Waals surface area contributed by atoms with E-state index >= 15 is 0 Å². The molecule has 29 heavy (non-hydrogen) atoms. The van der Waals surface area contributed by atoms with E-state index in [1.54, 1.807) is 0 Å². The second kappa shape index (κ2) is 10.4. The number of nitrogens with one attached hydrogen (secondary N) is 1. The smallest absolute Gasteiger partial charge is 0.249 e.